The van der Waals surface area contributed by atoms with Crippen LogP contribution < -0.4 is 10.6 Å². The maximum Gasteiger partial charge on any atom is 0.238 e. The first-order chi connectivity index (χ1) is 16.3. The van der Waals surface area contributed by atoms with Crippen LogP contribution >= 0.6 is 0 Å². The second-order valence-electron chi connectivity index (χ2n) is 8.66. The Morgan fingerprint density at radius 3 is 2.35 bits per heavy atom. The summed E-state index contributed by atoms with van der Waals surface area (Å²) in [6.07, 6.45) is 0. The Morgan fingerprint density at radius 1 is 1.03 bits per heavy atom. The van der Waals surface area contributed by atoms with Crippen LogP contribution in [0.3, 0.4) is 0 Å². The van der Waals surface area contributed by atoms with Crippen molar-refractivity contribution in [3.05, 3.63) is 94.8 Å². The summed E-state index contributed by atoms with van der Waals surface area (Å²) in [6, 6.07) is 19.8. The lowest BCUT2D eigenvalue weighted by atomic mass is 9.90. The number of fused-ring (bicyclic) bond motifs is 1. The van der Waals surface area contributed by atoms with Gasteiger partial charge in [-0.3, -0.25) is 14.6 Å². The molecular weight excluding hydrogens is 431 g/mol. The third kappa shape index (κ3) is 5.38. The largest absolute Gasteiger partial charge is 0.352 e. The Balaban J connectivity index is 1.74. The van der Waals surface area contributed by atoms with Crippen molar-refractivity contribution in [2.75, 3.05) is 19.4 Å². The van der Waals surface area contributed by atoms with Crippen LogP contribution in [0.1, 0.15) is 35.1 Å². The standard InChI is InChI=1S/C27H27FN4O2/c1-17(33)29-15-18-4-8-20(9-5-18)26(30-22-11-6-19(7-12-22)16-32(2)3)25-23-13-10-21(28)14-24(23)31-27(25)34/h4-14,25H,15-16H2,1-3H3,(H,29,33)(H,31,34). The molecule has 1 atom stereocenters. The molecule has 0 saturated carbocycles. The number of benzene rings is 3. The maximum atomic E-state index is 13.8. The first-order valence-electron chi connectivity index (χ1n) is 11.1. The van der Waals surface area contributed by atoms with Crippen LogP contribution in [0, 0.1) is 5.82 Å². The van der Waals surface area contributed by atoms with Crippen LogP contribution in [-0.2, 0) is 22.7 Å². The van der Waals surface area contributed by atoms with Gasteiger partial charge in [0, 0.05) is 25.7 Å². The van der Waals surface area contributed by atoms with Crippen LogP contribution in [0.5, 0.6) is 0 Å². The quantitative estimate of drug-likeness (QED) is 0.516. The van der Waals surface area contributed by atoms with Gasteiger partial charge in [0.25, 0.3) is 0 Å². The number of rotatable bonds is 7. The van der Waals surface area contributed by atoms with E-state index in [1.807, 2.05) is 62.6 Å². The van der Waals surface area contributed by atoms with E-state index in [-0.39, 0.29) is 11.8 Å². The van der Waals surface area contributed by atoms with Gasteiger partial charge in [-0.15, -0.1) is 0 Å². The number of nitrogens with zero attached hydrogens (tertiary/aromatic N) is 2. The number of halogens is 1. The highest BCUT2D eigenvalue weighted by atomic mass is 19.1. The number of carbonyl (C=O) groups excluding carboxylic acids is 2. The smallest absolute Gasteiger partial charge is 0.238 e. The number of nitrogens with one attached hydrogen (secondary N) is 2. The molecule has 0 aromatic heterocycles. The summed E-state index contributed by atoms with van der Waals surface area (Å²) in [5, 5.41) is 5.56. The van der Waals surface area contributed by atoms with Crippen molar-refractivity contribution >= 4 is 28.9 Å². The molecule has 0 fully saturated rings. The number of anilines is 1. The van der Waals surface area contributed by atoms with Gasteiger partial charge in [0.2, 0.25) is 11.8 Å². The highest BCUT2D eigenvalue weighted by Crippen LogP contribution is 2.36. The Kier molecular flexibility index (Phi) is 6.84. The molecule has 174 valence electrons. The summed E-state index contributed by atoms with van der Waals surface area (Å²) < 4.78 is 13.8. The molecule has 0 aliphatic carbocycles. The van der Waals surface area contributed by atoms with Gasteiger partial charge in [0.15, 0.2) is 0 Å². The molecule has 3 aromatic carbocycles. The number of hydrogen-bond acceptors (Lipinski definition) is 4. The first kappa shape index (κ1) is 23.3. The van der Waals surface area contributed by atoms with E-state index in [4.69, 9.17) is 4.99 Å². The second-order valence-corrected chi connectivity index (χ2v) is 8.66. The summed E-state index contributed by atoms with van der Waals surface area (Å²) >= 11 is 0. The van der Waals surface area contributed by atoms with Crippen molar-refractivity contribution < 1.29 is 14.0 Å². The van der Waals surface area contributed by atoms with Gasteiger partial charge in [-0.2, -0.15) is 0 Å². The van der Waals surface area contributed by atoms with E-state index >= 15 is 0 Å². The average Bonchev–Trinajstić information content (AvgIpc) is 3.11. The van der Waals surface area contributed by atoms with Crippen molar-refractivity contribution in [1.82, 2.24) is 10.2 Å². The van der Waals surface area contributed by atoms with E-state index in [9.17, 15) is 14.0 Å². The average molecular weight is 459 g/mol. The number of carbonyl (C=O) groups is 2. The summed E-state index contributed by atoms with van der Waals surface area (Å²) in [6.45, 7) is 2.71. The molecule has 3 aromatic rings. The van der Waals surface area contributed by atoms with Crippen molar-refractivity contribution in [3.8, 4) is 0 Å². The molecule has 2 N–H and O–H groups in total. The highest BCUT2D eigenvalue weighted by molar-refractivity contribution is 6.24. The molecule has 4 rings (SSSR count). The Bertz CT molecular complexity index is 1230. The number of hydrogen-bond donors (Lipinski definition) is 2. The summed E-state index contributed by atoms with van der Waals surface area (Å²) in [5.74, 6) is -1.42. The molecule has 2 amide bonds. The maximum absolute atomic E-state index is 13.8. The zero-order valence-electron chi connectivity index (χ0n) is 19.4. The minimum absolute atomic E-state index is 0.101. The fourth-order valence-electron chi connectivity index (χ4n) is 4.00. The van der Waals surface area contributed by atoms with E-state index in [2.05, 4.69) is 15.5 Å². The predicted molar refractivity (Wildman–Crippen MR) is 132 cm³/mol. The van der Waals surface area contributed by atoms with Crippen LogP contribution in [0.4, 0.5) is 15.8 Å². The molecular formula is C27H27FN4O2. The van der Waals surface area contributed by atoms with Gasteiger partial charge >= 0.3 is 0 Å². The van der Waals surface area contributed by atoms with Gasteiger partial charge in [-0.25, -0.2) is 4.39 Å². The monoisotopic (exact) mass is 458 g/mol. The molecule has 0 saturated heterocycles. The van der Waals surface area contributed by atoms with E-state index in [0.29, 0.717) is 23.5 Å². The van der Waals surface area contributed by atoms with Crippen molar-refractivity contribution in [1.29, 1.82) is 0 Å². The topological polar surface area (TPSA) is 73.8 Å². The van der Waals surface area contributed by atoms with Gasteiger partial charge < -0.3 is 15.5 Å². The fraction of sp³-hybridized carbons (Fsp3) is 0.222. The van der Waals surface area contributed by atoms with E-state index in [1.165, 1.54) is 19.1 Å². The van der Waals surface area contributed by atoms with Crippen LogP contribution in [-0.4, -0.2) is 36.5 Å². The normalized spacial score (nSPS) is 15.3. The molecule has 1 unspecified atom stereocenters. The van der Waals surface area contributed by atoms with Crippen molar-refractivity contribution in [2.24, 2.45) is 4.99 Å². The Labute approximate surface area is 198 Å². The van der Waals surface area contributed by atoms with E-state index in [0.717, 1.165) is 28.9 Å². The van der Waals surface area contributed by atoms with E-state index in [1.54, 1.807) is 6.07 Å². The number of amides is 2. The second kappa shape index (κ2) is 9.97. The summed E-state index contributed by atoms with van der Waals surface area (Å²) in [5.41, 5.74) is 5.33. The van der Waals surface area contributed by atoms with Crippen LogP contribution in [0.15, 0.2) is 71.7 Å². The van der Waals surface area contributed by atoms with Crippen molar-refractivity contribution in [2.45, 2.75) is 25.9 Å². The van der Waals surface area contributed by atoms with Gasteiger partial charge in [-0.1, -0.05) is 42.5 Å². The molecule has 1 aliphatic heterocycles. The van der Waals surface area contributed by atoms with Gasteiger partial charge in [-0.05, 0) is 60.6 Å². The lowest BCUT2D eigenvalue weighted by Crippen LogP contribution is -2.22. The highest BCUT2D eigenvalue weighted by Gasteiger charge is 2.35. The minimum Gasteiger partial charge on any atom is -0.352 e. The lowest BCUT2D eigenvalue weighted by Gasteiger charge is -2.15. The first-order valence-corrected chi connectivity index (χ1v) is 11.1. The third-order valence-electron chi connectivity index (χ3n) is 5.60. The Morgan fingerprint density at radius 2 is 1.71 bits per heavy atom. The molecule has 6 nitrogen and oxygen atoms in total. The zero-order chi connectivity index (χ0) is 24.2. The number of aliphatic imine (C=N–C) groups is 1. The fourth-order valence-corrected chi connectivity index (χ4v) is 4.00. The minimum atomic E-state index is -0.668. The zero-order valence-corrected chi connectivity index (χ0v) is 19.4. The predicted octanol–water partition coefficient (Wildman–Crippen LogP) is 4.38. The summed E-state index contributed by atoms with van der Waals surface area (Å²) in [4.78, 5) is 31.2. The molecule has 34 heavy (non-hydrogen) atoms. The molecule has 7 heteroatoms. The van der Waals surface area contributed by atoms with Gasteiger partial charge in [0.1, 0.15) is 11.7 Å². The van der Waals surface area contributed by atoms with Crippen molar-refractivity contribution in [3.63, 3.8) is 0 Å². The Hall–Kier alpha value is -3.84. The third-order valence-corrected chi connectivity index (χ3v) is 5.60. The van der Waals surface area contributed by atoms with Gasteiger partial charge in [0.05, 0.1) is 11.4 Å². The molecule has 0 bridgehead atoms. The van der Waals surface area contributed by atoms with Crippen LogP contribution in [0.25, 0.3) is 0 Å². The molecule has 0 radical (unpaired) electrons. The summed E-state index contributed by atoms with van der Waals surface area (Å²) in [7, 11) is 4.03. The molecule has 1 aliphatic rings. The lowest BCUT2D eigenvalue weighted by molar-refractivity contribution is -0.119. The van der Waals surface area contributed by atoms with E-state index < -0.39 is 11.7 Å². The molecule has 1 heterocycles. The van der Waals surface area contributed by atoms with Crippen LogP contribution in [0.2, 0.25) is 0 Å². The SMILES string of the molecule is CC(=O)NCc1ccc(C(=Nc2ccc(CN(C)C)cc2)C2C(=O)Nc3cc(F)ccc32)cc1. The molecule has 0 spiro atoms.